The smallest absolute Gasteiger partial charge is 0.0825 e. The zero-order valence-electron chi connectivity index (χ0n) is 9.64. The SMILES string of the molecule is Cc1n[nH]c(C)c1NCc1cc(Cl)ccc1Br. The molecular weight excluding hydrogens is 302 g/mol. The minimum atomic E-state index is 0.711. The molecule has 0 unspecified atom stereocenters. The average molecular weight is 315 g/mol. The van der Waals surface area contributed by atoms with Crippen molar-refractivity contribution in [3.8, 4) is 0 Å². The van der Waals surface area contributed by atoms with E-state index in [0.29, 0.717) is 6.54 Å². The van der Waals surface area contributed by atoms with E-state index in [4.69, 9.17) is 11.6 Å². The second-order valence-electron chi connectivity index (χ2n) is 3.90. The summed E-state index contributed by atoms with van der Waals surface area (Å²) < 4.78 is 1.05. The summed E-state index contributed by atoms with van der Waals surface area (Å²) in [6.07, 6.45) is 0. The number of halogens is 2. The van der Waals surface area contributed by atoms with Crippen molar-refractivity contribution in [2.24, 2.45) is 0 Å². The fraction of sp³-hybridized carbons (Fsp3) is 0.250. The Balaban J connectivity index is 2.15. The number of nitrogens with one attached hydrogen (secondary N) is 2. The van der Waals surface area contributed by atoms with E-state index in [1.807, 2.05) is 32.0 Å². The molecule has 0 aliphatic carbocycles. The quantitative estimate of drug-likeness (QED) is 0.897. The van der Waals surface area contributed by atoms with Gasteiger partial charge in [0.1, 0.15) is 0 Å². The van der Waals surface area contributed by atoms with Gasteiger partial charge < -0.3 is 5.32 Å². The molecule has 3 nitrogen and oxygen atoms in total. The highest BCUT2D eigenvalue weighted by atomic mass is 79.9. The largest absolute Gasteiger partial charge is 0.378 e. The summed E-state index contributed by atoms with van der Waals surface area (Å²) in [7, 11) is 0. The first kappa shape index (κ1) is 12.5. The molecule has 0 spiro atoms. The van der Waals surface area contributed by atoms with Gasteiger partial charge in [-0.25, -0.2) is 0 Å². The molecule has 1 aromatic carbocycles. The molecule has 2 aromatic rings. The highest BCUT2D eigenvalue weighted by molar-refractivity contribution is 9.10. The summed E-state index contributed by atoms with van der Waals surface area (Å²) >= 11 is 9.48. The molecule has 17 heavy (non-hydrogen) atoms. The predicted octanol–water partition coefficient (Wildman–Crippen LogP) is 4.05. The first-order chi connectivity index (χ1) is 8.08. The van der Waals surface area contributed by atoms with E-state index in [0.717, 1.165) is 32.1 Å². The van der Waals surface area contributed by atoms with Gasteiger partial charge >= 0.3 is 0 Å². The molecule has 0 amide bonds. The first-order valence-electron chi connectivity index (χ1n) is 5.27. The van der Waals surface area contributed by atoms with Gasteiger partial charge in [0.25, 0.3) is 0 Å². The summed E-state index contributed by atoms with van der Waals surface area (Å²) in [5, 5.41) is 11.2. The Hall–Kier alpha value is -1.000. The lowest BCUT2D eigenvalue weighted by atomic mass is 10.2. The van der Waals surface area contributed by atoms with E-state index in [1.54, 1.807) is 0 Å². The van der Waals surface area contributed by atoms with E-state index in [-0.39, 0.29) is 0 Å². The number of hydrogen-bond acceptors (Lipinski definition) is 2. The van der Waals surface area contributed by atoms with Crippen LogP contribution in [0.15, 0.2) is 22.7 Å². The summed E-state index contributed by atoms with van der Waals surface area (Å²) in [5.74, 6) is 0. The molecule has 0 aliphatic heterocycles. The number of rotatable bonds is 3. The molecule has 0 saturated heterocycles. The van der Waals surface area contributed by atoms with E-state index >= 15 is 0 Å². The zero-order valence-corrected chi connectivity index (χ0v) is 12.0. The van der Waals surface area contributed by atoms with Gasteiger partial charge in [-0.2, -0.15) is 5.10 Å². The van der Waals surface area contributed by atoms with Gasteiger partial charge in [-0.1, -0.05) is 27.5 Å². The maximum Gasteiger partial charge on any atom is 0.0825 e. The molecule has 0 fully saturated rings. The van der Waals surface area contributed by atoms with Crippen LogP contribution >= 0.6 is 27.5 Å². The second-order valence-corrected chi connectivity index (χ2v) is 5.19. The van der Waals surface area contributed by atoms with Crippen LogP contribution in [0.3, 0.4) is 0 Å². The molecular formula is C12H13BrClN3. The third-order valence-electron chi connectivity index (χ3n) is 2.59. The Morgan fingerprint density at radius 3 is 2.82 bits per heavy atom. The lowest BCUT2D eigenvalue weighted by Gasteiger charge is -2.08. The summed E-state index contributed by atoms with van der Waals surface area (Å²) in [6.45, 7) is 4.68. The minimum absolute atomic E-state index is 0.711. The van der Waals surface area contributed by atoms with Crippen molar-refractivity contribution >= 4 is 33.2 Å². The van der Waals surface area contributed by atoms with Gasteiger partial charge in [0, 0.05) is 16.0 Å². The van der Waals surface area contributed by atoms with Crippen LogP contribution in [-0.2, 0) is 6.54 Å². The van der Waals surface area contributed by atoms with Crippen molar-refractivity contribution in [1.82, 2.24) is 10.2 Å². The Morgan fingerprint density at radius 1 is 1.41 bits per heavy atom. The number of aromatic nitrogens is 2. The van der Waals surface area contributed by atoms with Crippen LogP contribution in [-0.4, -0.2) is 10.2 Å². The maximum atomic E-state index is 5.97. The van der Waals surface area contributed by atoms with Crippen LogP contribution in [0.2, 0.25) is 5.02 Å². The van der Waals surface area contributed by atoms with Gasteiger partial charge in [0.05, 0.1) is 17.1 Å². The molecule has 1 heterocycles. The van der Waals surface area contributed by atoms with Crippen molar-refractivity contribution in [2.45, 2.75) is 20.4 Å². The molecule has 90 valence electrons. The topological polar surface area (TPSA) is 40.7 Å². The number of H-pyrrole nitrogens is 1. The normalized spacial score (nSPS) is 10.6. The molecule has 0 bridgehead atoms. The monoisotopic (exact) mass is 313 g/mol. The van der Waals surface area contributed by atoms with Gasteiger partial charge in [0.15, 0.2) is 0 Å². The molecule has 1 aromatic heterocycles. The molecule has 2 rings (SSSR count). The Bertz CT molecular complexity index is 517. The summed E-state index contributed by atoms with van der Waals surface area (Å²) in [5.41, 5.74) is 4.19. The van der Waals surface area contributed by atoms with Crippen LogP contribution in [0.5, 0.6) is 0 Å². The van der Waals surface area contributed by atoms with E-state index in [9.17, 15) is 0 Å². The van der Waals surface area contributed by atoms with Crippen LogP contribution < -0.4 is 5.32 Å². The van der Waals surface area contributed by atoms with Gasteiger partial charge in [-0.15, -0.1) is 0 Å². The highest BCUT2D eigenvalue weighted by Gasteiger charge is 2.07. The Labute approximate surface area is 114 Å². The lowest BCUT2D eigenvalue weighted by molar-refractivity contribution is 1.02. The van der Waals surface area contributed by atoms with Crippen LogP contribution in [0.25, 0.3) is 0 Å². The van der Waals surface area contributed by atoms with Crippen molar-refractivity contribution in [3.05, 3.63) is 44.6 Å². The van der Waals surface area contributed by atoms with E-state index in [2.05, 4.69) is 31.4 Å². The summed E-state index contributed by atoms with van der Waals surface area (Å²) in [4.78, 5) is 0. The minimum Gasteiger partial charge on any atom is -0.378 e. The molecule has 5 heteroatoms. The van der Waals surface area contributed by atoms with Gasteiger partial charge in [-0.05, 0) is 37.6 Å². The summed E-state index contributed by atoms with van der Waals surface area (Å²) in [6, 6.07) is 5.77. The number of hydrogen-bond donors (Lipinski definition) is 2. The van der Waals surface area contributed by atoms with Crippen LogP contribution in [0.4, 0.5) is 5.69 Å². The van der Waals surface area contributed by atoms with Gasteiger partial charge in [0.2, 0.25) is 0 Å². The average Bonchev–Trinajstić information content (AvgIpc) is 2.61. The fourth-order valence-electron chi connectivity index (χ4n) is 1.67. The van der Waals surface area contributed by atoms with Crippen molar-refractivity contribution in [2.75, 3.05) is 5.32 Å². The molecule has 0 radical (unpaired) electrons. The first-order valence-corrected chi connectivity index (χ1v) is 6.44. The zero-order chi connectivity index (χ0) is 12.4. The Morgan fingerprint density at radius 2 is 2.18 bits per heavy atom. The highest BCUT2D eigenvalue weighted by Crippen LogP contribution is 2.23. The fourth-order valence-corrected chi connectivity index (χ4v) is 2.26. The molecule has 0 saturated carbocycles. The second kappa shape index (κ2) is 5.10. The molecule has 2 N–H and O–H groups in total. The maximum absolute atomic E-state index is 5.97. The molecule has 0 atom stereocenters. The van der Waals surface area contributed by atoms with Gasteiger partial charge in [-0.3, -0.25) is 5.10 Å². The van der Waals surface area contributed by atoms with Crippen LogP contribution in [0.1, 0.15) is 17.0 Å². The third kappa shape index (κ3) is 2.82. The predicted molar refractivity (Wildman–Crippen MR) is 74.5 cm³/mol. The Kier molecular flexibility index (Phi) is 3.74. The number of anilines is 1. The number of aromatic amines is 1. The van der Waals surface area contributed by atoms with Crippen molar-refractivity contribution in [1.29, 1.82) is 0 Å². The van der Waals surface area contributed by atoms with Crippen molar-refractivity contribution < 1.29 is 0 Å². The number of nitrogens with zero attached hydrogens (tertiary/aromatic N) is 1. The lowest BCUT2D eigenvalue weighted by Crippen LogP contribution is -2.01. The number of benzene rings is 1. The number of aryl methyl sites for hydroxylation is 2. The van der Waals surface area contributed by atoms with Crippen LogP contribution in [0, 0.1) is 13.8 Å². The third-order valence-corrected chi connectivity index (χ3v) is 3.60. The van der Waals surface area contributed by atoms with E-state index < -0.39 is 0 Å². The van der Waals surface area contributed by atoms with E-state index in [1.165, 1.54) is 0 Å². The van der Waals surface area contributed by atoms with Crippen molar-refractivity contribution in [3.63, 3.8) is 0 Å². The molecule has 0 aliphatic rings. The standard InChI is InChI=1S/C12H13BrClN3/c1-7-12(8(2)17-16-7)15-6-9-5-10(14)3-4-11(9)13/h3-5,15H,6H2,1-2H3,(H,16,17).